The number of nitrogens with one attached hydrogen (secondary N) is 2. The summed E-state index contributed by atoms with van der Waals surface area (Å²) in [4.78, 5) is 4.98. The molecule has 0 bridgehead atoms. The Hall–Kier alpha value is -0.300. The zero-order valence-electron chi connectivity index (χ0n) is 16.0. The van der Waals surface area contributed by atoms with Crippen LogP contribution in [0.3, 0.4) is 0 Å². The lowest BCUT2D eigenvalue weighted by Crippen LogP contribution is -2.55. The second-order valence-electron chi connectivity index (χ2n) is 9.03. The molecule has 0 spiro atoms. The minimum atomic E-state index is -0.617. The van der Waals surface area contributed by atoms with Crippen LogP contribution in [0.1, 0.15) is 51.4 Å². The molecule has 4 unspecified atom stereocenters. The van der Waals surface area contributed by atoms with Crippen LogP contribution in [-0.4, -0.2) is 73.5 Å². The lowest BCUT2D eigenvalue weighted by atomic mass is 9.79. The van der Waals surface area contributed by atoms with Gasteiger partial charge in [0.05, 0.1) is 0 Å². The normalized spacial score (nSPS) is 43.6. The molecule has 2 aliphatic heterocycles. The SMILES string of the molecule is FC1CCC(C2NNCC2CN2CCN(C3CCCCC3F)CC2)CC1. The molecule has 2 saturated carbocycles. The Morgan fingerprint density at radius 2 is 1.58 bits per heavy atom. The molecule has 2 aliphatic carbocycles. The topological polar surface area (TPSA) is 30.5 Å². The predicted molar refractivity (Wildman–Crippen MR) is 100 cm³/mol. The molecule has 2 heterocycles. The number of piperazine rings is 1. The lowest BCUT2D eigenvalue weighted by Gasteiger charge is -2.43. The van der Waals surface area contributed by atoms with Gasteiger partial charge < -0.3 is 4.90 Å². The van der Waals surface area contributed by atoms with E-state index in [1.165, 1.54) is 6.42 Å². The van der Waals surface area contributed by atoms with E-state index in [0.29, 0.717) is 17.9 Å². The molecule has 4 fully saturated rings. The van der Waals surface area contributed by atoms with Crippen LogP contribution in [0.15, 0.2) is 0 Å². The molecule has 0 aromatic rings. The fourth-order valence-electron chi connectivity index (χ4n) is 5.76. The van der Waals surface area contributed by atoms with Gasteiger partial charge in [0, 0.05) is 57.3 Å². The van der Waals surface area contributed by atoms with Crippen LogP contribution in [-0.2, 0) is 0 Å². The van der Waals surface area contributed by atoms with Crippen molar-refractivity contribution in [3.05, 3.63) is 0 Å². The summed E-state index contributed by atoms with van der Waals surface area (Å²) >= 11 is 0. The van der Waals surface area contributed by atoms with Crippen molar-refractivity contribution < 1.29 is 8.78 Å². The van der Waals surface area contributed by atoms with Gasteiger partial charge in [-0.3, -0.25) is 15.8 Å². The van der Waals surface area contributed by atoms with Gasteiger partial charge >= 0.3 is 0 Å². The highest BCUT2D eigenvalue weighted by atomic mass is 19.1. The van der Waals surface area contributed by atoms with Crippen molar-refractivity contribution in [2.75, 3.05) is 39.3 Å². The second kappa shape index (κ2) is 8.80. The molecule has 2 saturated heterocycles. The Bertz CT molecular complexity index is 436. The average molecular weight is 371 g/mol. The highest BCUT2D eigenvalue weighted by Crippen LogP contribution is 2.33. The first-order valence-electron chi connectivity index (χ1n) is 10.9. The maximum Gasteiger partial charge on any atom is 0.116 e. The highest BCUT2D eigenvalue weighted by Gasteiger charge is 2.38. The van der Waals surface area contributed by atoms with E-state index in [0.717, 1.165) is 84.2 Å². The molecule has 0 radical (unpaired) electrons. The Labute approximate surface area is 157 Å². The molecular weight excluding hydrogens is 334 g/mol. The number of alkyl halides is 2. The number of hydrazine groups is 1. The van der Waals surface area contributed by atoms with Crippen molar-refractivity contribution in [3.8, 4) is 0 Å². The van der Waals surface area contributed by atoms with Crippen LogP contribution >= 0.6 is 0 Å². The summed E-state index contributed by atoms with van der Waals surface area (Å²) in [5, 5.41) is 0. The summed E-state index contributed by atoms with van der Waals surface area (Å²) in [6.45, 7) is 6.26. The molecule has 26 heavy (non-hydrogen) atoms. The summed E-state index contributed by atoms with van der Waals surface area (Å²) in [6, 6.07) is 0.651. The summed E-state index contributed by atoms with van der Waals surface area (Å²) in [7, 11) is 0. The van der Waals surface area contributed by atoms with Crippen molar-refractivity contribution >= 4 is 0 Å². The number of rotatable bonds is 4. The van der Waals surface area contributed by atoms with Crippen LogP contribution in [0.2, 0.25) is 0 Å². The maximum absolute atomic E-state index is 14.2. The molecular formula is C20H36F2N4. The molecule has 0 amide bonds. The second-order valence-corrected chi connectivity index (χ2v) is 9.03. The highest BCUT2D eigenvalue weighted by molar-refractivity contribution is 4.93. The predicted octanol–water partition coefficient (Wildman–Crippen LogP) is 2.51. The van der Waals surface area contributed by atoms with E-state index < -0.39 is 12.3 Å². The molecule has 0 aromatic heterocycles. The Morgan fingerprint density at radius 3 is 2.31 bits per heavy atom. The van der Waals surface area contributed by atoms with Gasteiger partial charge in [-0.1, -0.05) is 12.8 Å². The molecule has 150 valence electrons. The van der Waals surface area contributed by atoms with E-state index in [1.54, 1.807) is 0 Å². The molecule has 2 N–H and O–H groups in total. The van der Waals surface area contributed by atoms with Crippen LogP contribution < -0.4 is 10.9 Å². The average Bonchev–Trinajstić information content (AvgIpc) is 3.12. The van der Waals surface area contributed by atoms with E-state index >= 15 is 0 Å². The van der Waals surface area contributed by atoms with Gasteiger partial charge in [0.1, 0.15) is 12.3 Å². The van der Waals surface area contributed by atoms with E-state index in [1.807, 2.05) is 0 Å². The van der Waals surface area contributed by atoms with Crippen molar-refractivity contribution in [2.24, 2.45) is 11.8 Å². The zero-order chi connectivity index (χ0) is 17.9. The van der Waals surface area contributed by atoms with Crippen molar-refractivity contribution in [2.45, 2.75) is 75.8 Å². The lowest BCUT2D eigenvalue weighted by molar-refractivity contribution is 0.0290. The fourth-order valence-corrected chi connectivity index (χ4v) is 5.76. The standard InChI is InChI=1S/C20H36F2N4/c21-17-7-5-15(6-8-17)20-16(13-23-24-20)14-25-9-11-26(12-10-25)19-4-2-1-3-18(19)22/h15-20,23-24H,1-14H2. The third kappa shape index (κ3) is 4.40. The number of hydrogen-bond donors (Lipinski definition) is 2. The maximum atomic E-state index is 14.2. The molecule has 4 aliphatic rings. The van der Waals surface area contributed by atoms with Gasteiger partial charge in [0.2, 0.25) is 0 Å². The van der Waals surface area contributed by atoms with Crippen molar-refractivity contribution in [1.29, 1.82) is 0 Å². The monoisotopic (exact) mass is 370 g/mol. The minimum absolute atomic E-state index is 0.171. The zero-order valence-corrected chi connectivity index (χ0v) is 16.0. The molecule has 4 atom stereocenters. The first kappa shape index (κ1) is 19.0. The smallest absolute Gasteiger partial charge is 0.116 e. The number of halogens is 2. The summed E-state index contributed by atoms with van der Waals surface area (Å²) in [5.74, 6) is 1.21. The quantitative estimate of drug-likeness (QED) is 0.796. The van der Waals surface area contributed by atoms with E-state index in [9.17, 15) is 8.78 Å². The third-order valence-electron chi connectivity index (χ3n) is 7.37. The van der Waals surface area contributed by atoms with Crippen molar-refractivity contribution in [1.82, 2.24) is 20.7 Å². The van der Waals surface area contributed by atoms with Crippen LogP contribution in [0.5, 0.6) is 0 Å². The number of nitrogens with zero attached hydrogens (tertiary/aromatic N) is 2. The largest absolute Gasteiger partial charge is 0.300 e. The van der Waals surface area contributed by atoms with Gasteiger partial charge in [-0.15, -0.1) is 0 Å². The van der Waals surface area contributed by atoms with Crippen LogP contribution in [0.25, 0.3) is 0 Å². The van der Waals surface area contributed by atoms with E-state index in [2.05, 4.69) is 20.7 Å². The minimum Gasteiger partial charge on any atom is -0.300 e. The van der Waals surface area contributed by atoms with Gasteiger partial charge in [0.15, 0.2) is 0 Å². The molecule has 4 rings (SSSR count). The van der Waals surface area contributed by atoms with Gasteiger partial charge in [-0.2, -0.15) is 0 Å². The molecule has 0 aromatic carbocycles. The van der Waals surface area contributed by atoms with Gasteiger partial charge in [-0.05, 0) is 44.4 Å². The van der Waals surface area contributed by atoms with Crippen LogP contribution in [0.4, 0.5) is 8.78 Å². The van der Waals surface area contributed by atoms with Gasteiger partial charge in [0.25, 0.3) is 0 Å². The number of hydrogen-bond acceptors (Lipinski definition) is 4. The summed E-state index contributed by atoms with van der Waals surface area (Å²) < 4.78 is 27.7. The summed E-state index contributed by atoms with van der Waals surface area (Å²) in [5.41, 5.74) is 6.84. The van der Waals surface area contributed by atoms with Gasteiger partial charge in [-0.25, -0.2) is 8.78 Å². The van der Waals surface area contributed by atoms with Crippen LogP contribution in [0, 0.1) is 11.8 Å². The first-order valence-corrected chi connectivity index (χ1v) is 10.9. The molecule has 4 nitrogen and oxygen atoms in total. The fraction of sp³-hybridized carbons (Fsp3) is 1.00. The Morgan fingerprint density at radius 1 is 0.846 bits per heavy atom. The van der Waals surface area contributed by atoms with E-state index in [-0.39, 0.29) is 6.04 Å². The Balaban J connectivity index is 1.24. The Kier molecular flexibility index (Phi) is 6.44. The first-order chi connectivity index (χ1) is 12.7. The third-order valence-corrected chi connectivity index (χ3v) is 7.37. The van der Waals surface area contributed by atoms with E-state index in [4.69, 9.17) is 0 Å². The molecule has 6 heteroatoms. The van der Waals surface area contributed by atoms with Crippen molar-refractivity contribution in [3.63, 3.8) is 0 Å². The summed E-state index contributed by atoms with van der Waals surface area (Å²) in [6.07, 6.45) is 6.36.